The number of nitrogens with one attached hydrogen (secondary N) is 1. The van der Waals surface area contributed by atoms with Crippen molar-refractivity contribution in [1.29, 1.82) is 0 Å². The van der Waals surface area contributed by atoms with Gasteiger partial charge in [0.2, 0.25) is 5.91 Å². The number of anilines is 1. The number of amides is 1. The number of nitrogens with zero attached hydrogens (tertiary/aromatic N) is 1. The molecule has 0 saturated heterocycles. The lowest BCUT2D eigenvalue weighted by atomic mass is 10.2. The molecule has 0 saturated carbocycles. The fourth-order valence-corrected chi connectivity index (χ4v) is 2.14. The van der Waals surface area contributed by atoms with Crippen LogP contribution < -0.4 is 5.32 Å². The molecule has 1 aromatic rings. The lowest BCUT2D eigenvalue weighted by Crippen LogP contribution is -2.40. The van der Waals surface area contributed by atoms with Crippen molar-refractivity contribution in [2.75, 3.05) is 18.4 Å². The second-order valence-electron chi connectivity index (χ2n) is 4.57. The molecule has 0 aliphatic carbocycles. The minimum atomic E-state index is -0.857. The molecule has 20 heavy (non-hydrogen) atoms. The summed E-state index contributed by atoms with van der Waals surface area (Å²) in [5.74, 6) is -1.00. The molecular weight excluding hydrogens is 324 g/mol. The summed E-state index contributed by atoms with van der Waals surface area (Å²) in [6.45, 7) is 4.53. The predicted molar refractivity (Wildman–Crippen MR) is 81.7 cm³/mol. The van der Waals surface area contributed by atoms with E-state index in [1.165, 1.54) is 0 Å². The molecule has 0 bridgehead atoms. The summed E-state index contributed by atoms with van der Waals surface area (Å²) in [6.07, 6.45) is 0.0272. The maximum atomic E-state index is 11.9. The monoisotopic (exact) mass is 342 g/mol. The fraction of sp³-hybridized carbons (Fsp3) is 0.429. The number of likely N-dealkylation sites (N-methyl/N-ethyl adjacent to an activating group) is 1. The summed E-state index contributed by atoms with van der Waals surface area (Å²) in [7, 11) is 0. The Bertz CT molecular complexity index is 462. The lowest BCUT2D eigenvalue weighted by molar-refractivity contribution is -0.138. The van der Waals surface area contributed by atoms with Gasteiger partial charge in [0, 0.05) is 16.2 Å². The Morgan fingerprint density at radius 2 is 1.95 bits per heavy atom. The van der Waals surface area contributed by atoms with Crippen LogP contribution in [0.15, 0.2) is 28.7 Å². The number of carbonyl (C=O) groups is 2. The molecule has 1 rings (SSSR count). The molecule has 0 heterocycles. The molecule has 1 amide bonds. The van der Waals surface area contributed by atoms with Crippen LogP contribution in [-0.4, -0.2) is 41.0 Å². The zero-order valence-corrected chi connectivity index (χ0v) is 13.2. The van der Waals surface area contributed by atoms with Crippen LogP contribution in [0.1, 0.15) is 20.3 Å². The Labute approximate surface area is 127 Å². The van der Waals surface area contributed by atoms with E-state index < -0.39 is 5.97 Å². The predicted octanol–water partition coefficient (Wildman–Crippen LogP) is 2.57. The lowest BCUT2D eigenvalue weighted by Gasteiger charge is -2.25. The standard InChI is InChI=1S/C14H19BrN2O3/c1-3-17(10(2)8-14(19)20)9-13(18)16-12-6-4-11(15)5-7-12/h4-7,10H,3,8-9H2,1-2H3,(H,16,18)(H,19,20). The van der Waals surface area contributed by atoms with E-state index >= 15 is 0 Å². The van der Waals surface area contributed by atoms with Gasteiger partial charge in [-0.25, -0.2) is 0 Å². The average molecular weight is 343 g/mol. The molecule has 5 nitrogen and oxygen atoms in total. The fourth-order valence-electron chi connectivity index (χ4n) is 1.88. The molecule has 1 aromatic carbocycles. The average Bonchev–Trinajstić information content (AvgIpc) is 2.37. The maximum absolute atomic E-state index is 11.9. The highest BCUT2D eigenvalue weighted by Gasteiger charge is 2.18. The quantitative estimate of drug-likeness (QED) is 0.798. The number of benzene rings is 1. The van der Waals surface area contributed by atoms with Crippen LogP contribution in [0.25, 0.3) is 0 Å². The smallest absolute Gasteiger partial charge is 0.304 e. The summed E-state index contributed by atoms with van der Waals surface area (Å²) in [5.41, 5.74) is 0.722. The molecule has 0 aliphatic rings. The first-order valence-corrected chi connectivity index (χ1v) is 7.23. The number of rotatable bonds is 7. The van der Waals surface area contributed by atoms with Crippen LogP contribution in [0.4, 0.5) is 5.69 Å². The summed E-state index contributed by atoms with van der Waals surface area (Å²) in [5, 5.41) is 11.6. The number of aliphatic carboxylic acids is 1. The number of hydrogen-bond donors (Lipinski definition) is 2. The second-order valence-corrected chi connectivity index (χ2v) is 5.48. The molecular formula is C14H19BrN2O3. The van der Waals surface area contributed by atoms with Gasteiger partial charge in [-0.05, 0) is 37.7 Å². The normalized spacial score (nSPS) is 12.2. The van der Waals surface area contributed by atoms with Crippen LogP contribution in [0.5, 0.6) is 0 Å². The maximum Gasteiger partial charge on any atom is 0.304 e. The van der Waals surface area contributed by atoms with Crippen molar-refractivity contribution in [3.8, 4) is 0 Å². The second kappa shape index (κ2) is 8.01. The van der Waals surface area contributed by atoms with Gasteiger partial charge in [0.15, 0.2) is 0 Å². The van der Waals surface area contributed by atoms with E-state index in [9.17, 15) is 9.59 Å². The summed E-state index contributed by atoms with van der Waals surface area (Å²) in [6, 6.07) is 7.13. The van der Waals surface area contributed by atoms with Crippen molar-refractivity contribution in [3.05, 3.63) is 28.7 Å². The van der Waals surface area contributed by atoms with Crippen molar-refractivity contribution in [1.82, 2.24) is 4.90 Å². The summed E-state index contributed by atoms with van der Waals surface area (Å²) in [4.78, 5) is 24.5. The highest BCUT2D eigenvalue weighted by Crippen LogP contribution is 2.14. The van der Waals surface area contributed by atoms with Crippen molar-refractivity contribution < 1.29 is 14.7 Å². The van der Waals surface area contributed by atoms with E-state index in [1.807, 2.05) is 30.9 Å². The van der Waals surface area contributed by atoms with E-state index in [0.29, 0.717) is 6.54 Å². The first kappa shape index (κ1) is 16.7. The van der Waals surface area contributed by atoms with E-state index in [2.05, 4.69) is 21.2 Å². The topological polar surface area (TPSA) is 69.6 Å². The number of carboxylic acid groups (broad SMARTS) is 1. The zero-order valence-electron chi connectivity index (χ0n) is 11.6. The van der Waals surface area contributed by atoms with Gasteiger partial charge in [-0.3, -0.25) is 14.5 Å². The molecule has 6 heteroatoms. The molecule has 0 aliphatic heterocycles. The molecule has 1 unspecified atom stereocenters. The van der Waals surface area contributed by atoms with Gasteiger partial charge in [0.05, 0.1) is 13.0 Å². The van der Waals surface area contributed by atoms with Gasteiger partial charge >= 0.3 is 5.97 Å². The molecule has 0 radical (unpaired) electrons. The molecule has 1 atom stereocenters. The first-order valence-electron chi connectivity index (χ1n) is 6.43. The van der Waals surface area contributed by atoms with Crippen LogP contribution in [0.2, 0.25) is 0 Å². The van der Waals surface area contributed by atoms with Crippen molar-refractivity contribution in [2.45, 2.75) is 26.3 Å². The van der Waals surface area contributed by atoms with Crippen molar-refractivity contribution in [3.63, 3.8) is 0 Å². The highest BCUT2D eigenvalue weighted by atomic mass is 79.9. The van der Waals surface area contributed by atoms with Gasteiger partial charge in [0.1, 0.15) is 0 Å². The van der Waals surface area contributed by atoms with E-state index in [0.717, 1.165) is 10.2 Å². The van der Waals surface area contributed by atoms with Gasteiger partial charge in [-0.15, -0.1) is 0 Å². The minimum absolute atomic E-state index is 0.0272. The van der Waals surface area contributed by atoms with Crippen LogP contribution in [0, 0.1) is 0 Å². The summed E-state index contributed by atoms with van der Waals surface area (Å²) < 4.78 is 0.945. The SMILES string of the molecule is CCN(CC(=O)Nc1ccc(Br)cc1)C(C)CC(=O)O. The largest absolute Gasteiger partial charge is 0.481 e. The zero-order chi connectivity index (χ0) is 15.1. The summed E-state index contributed by atoms with van der Waals surface area (Å²) >= 11 is 3.33. The molecule has 2 N–H and O–H groups in total. The number of halogens is 1. The third-order valence-corrected chi connectivity index (χ3v) is 3.50. The third kappa shape index (κ3) is 5.71. The molecule has 0 aromatic heterocycles. The molecule has 0 spiro atoms. The van der Waals surface area contributed by atoms with Gasteiger partial charge in [-0.1, -0.05) is 22.9 Å². The van der Waals surface area contributed by atoms with E-state index in [-0.39, 0.29) is 24.9 Å². The van der Waals surface area contributed by atoms with Crippen LogP contribution in [0.3, 0.4) is 0 Å². The third-order valence-electron chi connectivity index (χ3n) is 2.97. The van der Waals surface area contributed by atoms with Gasteiger partial charge in [0.25, 0.3) is 0 Å². The Kier molecular flexibility index (Phi) is 6.67. The Morgan fingerprint density at radius 1 is 1.35 bits per heavy atom. The highest BCUT2D eigenvalue weighted by molar-refractivity contribution is 9.10. The first-order chi connectivity index (χ1) is 9.42. The van der Waals surface area contributed by atoms with Crippen molar-refractivity contribution in [2.24, 2.45) is 0 Å². The van der Waals surface area contributed by atoms with Gasteiger partial charge < -0.3 is 10.4 Å². The van der Waals surface area contributed by atoms with Gasteiger partial charge in [-0.2, -0.15) is 0 Å². The minimum Gasteiger partial charge on any atom is -0.481 e. The number of hydrogen-bond acceptors (Lipinski definition) is 3. The molecule has 110 valence electrons. The Morgan fingerprint density at radius 3 is 2.45 bits per heavy atom. The van der Waals surface area contributed by atoms with E-state index in [4.69, 9.17) is 5.11 Å². The molecule has 0 fully saturated rings. The van der Waals surface area contributed by atoms with Crippen LogP contribution >= 0.6 is 15.9 Å². The van der Waals surface area contributed by atoms with Crippen molar-refractivity contribution >= 4 is 33.5 Å². The Hall–Kier alpha value is -1.40. The van der Waals surface area contributed by atoms with Crippen LogP contribution in [-0.2, 0) is 9.59 Å². The van der Waals surface area contributed by atoms with E-state index in [1.54, 1.807) is 12.1 Å². The number of carboxylic acids is 1. The number of carbonyl (C=O) groups excluding carboxylic acids is 1. The Balaban J connectivity index is 2.54.